The largest absolute Gasteiger partial charge is 0.496 e. The Labute approximate surface area is 233 Å². The number of rotatable bonds is 7. The van der Waals surface area contributed by atoms with Crippen molar-refractivity contribution < 1.29 is 13.2 Å². The van der Waals surface area contributed by atoms with Crippen molar-refractivity contribution in [2.75, 3.05) is 30.4 Å². The number of aromatic nitrogens is 5. The molecule has 1 N–H and O–H groups in total. The fourth-order valence-electron chi connectivity index (χ4n) is 5.04. The molecule has 0 aliphatic carbocycles. The Bertz CT molecular complexity index is 1820. The van der Waals surface area contributed by atoms with Gasteiger partial charge in [-0.2, -0.15) is 4.98 Å². The molecule has 0 spiro atoms. The van der Waals surface area contributed by atoms with Gasteiger partial charge in [0.05, 0.1) is 29.4 Å². The Kier molecular flexibility index (Phi) is 6.46. The first kappa shape index (κ1) is 25.9. The zero-order valence-electron chi connectivity index (χ0n) is 22.9. The Balaban J connectivity index is 1.39. The van der Waals surface area contributed by atoms with E-state index in [1.165, 1.54) is 3.97 Å². The zero-order chi connectivity index (χ0) is 28.0. The first-order valence-electron chi connectivity index (χ1n) is 13.2. The highest BCUT2D eigenvalue weighted by Crippen LogP contribution is 2.32. The van der Waals surface area contributed by atoms with Crippen LogP contribution in [0.15, 0.2) is 66.1 Å². The van der Waals surface area contributed by atoms with E-state index in [0.29, 0.717) is 28.6 Å². The van der Waals surface area contributed by atoms with Crippen molar-refractivity contribution in [1.82, 2.24) is 23.5 Å². The highest BCUT2D eigenvalue weighted by molar-refractivity contribution is 7.90. The van der Waals surface area contributed by atoms with Crippen LogP contribution in [0, 0.1) is 20.8 Å². The summed E-state index contributed by atoms with van der Waals surface area (Å²) in [5.41, 5.74) is 5.14. The van der Waals surface area contributed by atoms with Crippen molar-refractivity contribution in [2.45, 2.75) is 38.5 Å². The Morgan fingerprint density at radius 3 is 2.45 bits per heavy atom. The fourth-order valence-corrected chi connectivity index (χ4v) is 6.39. The van der Waals surface area contributed by atoms with Gasteiger partial charge in [0, 0.05) is 25.4 Å². The first-order chi connectivity index (χ1) is 19.2. The van der Waals surface area contributed by atoms with Gasteiger partial charge in [-0.3, -0.25) is 0 Å². The molecule has 6 rings (SSSR count). The molecule has 4 heterocycles. The Morgan fingerprint density at radius 1 is 0.975 bits per heavy atom. The maximum absolute atomic E-state index is 13.6. The fraction of sp³-hybridized carbons (Fsp3) is 0.276. The van der Waals surface area contributed by atoms with Gasteiger partial charge in [0.2, 0.25) is 5.95 Å². The number of methoxy groups -OCH3 is 1. The van der Waals surface area contributed by atoms with E-state index in [0.717, 1.165) is 54.1 Å². The summed E-state index contributed by atoms with van der Waals surface area (Å²) in [5, 5.41) is 3.22. The van der Waals surface area contributed by atoms with Crippen LogP contribution in [0.5, 0.6) is 5.75 Å². The molecule has 0 amide bonds. The van der Waals surface area contributed by atoms with Gasteiger partial charge in [0.25, 0.3) is 10.0 Å². The number of ether oxygens (including phenoxy) is 1. The number of hydrogen-bond acceptors (Lipinski definition) is 8. The molecule has 0 atom stereocenters. The maximum atomic E-state index is 13.6. The third-order valence-electron chi connectivity index (χ3n) is 7.41. The van der Waals surface area contributed by atoms with Gasteiger partial charge >= 0.3 is 0 Å². The summed E-state index contributed by atoms with van der Waals surface area (Å²) >= 11 is 0. The summed E-state index contributed by atoms with van der Waals surface area (Å²) in [5.74, 6) is 2.31. The Hall–Kier alpha value is -4.38. The first-order valence-corrected chi connectivity index (χ1v) is 14.6. The van der Waals surface area contributed by atoms with E-state index >= 15 is 0 Å². The number of hydrogen-bond donors (Lipinski definition) is 1. The van der Waals surface area contributed by atoms with Crippen LogP contribution in [0.3, 0.4) is 0 Å². The summed E-state index contributed by atoms with van der Waals surface area (Å²) < 4.78 is 36.0. The molecule has 3 aromatic heterocycles. The molecule has 206 valence electrons. The Morgan fingerprint density at radius 2 is 1.73 bits per heavy atom. The third-order valence-corrected chi connectivity index (χ3v) is 9.10. The third kappa shape index (κ3) is 4.56. The van der Waals surface area contributed by atoms with E-state index in [1.54, 1.807) is 50.0 Å². The molecule has 0 radical (unpaired) electrons. The molecule has 2 aromatic carbocycles. The molecule has 1 fully saturated rings. The molecule has 0 saturated carbocycles. The molecular weight excluding hydrogens is 526 g/mol. The van der Waals surface area contributed by atoms with Crippen LogP contribution in [-0.4, -0.2) is 52.1 Å². The van der Waals surface area contributed by atoms with Gasteiger partial charge in [0.1, 0.15) is 17.6 Å². The minimum absolute atomic E-state index is 0.221. The number of nitrogens with one attached hydrogen (secondary N) is 1. The highest BCUT2D eigenvalue weighted by atomic mass is 32.2. The van der Waals surface area contributed by atoms with Crippen LogP contribution in [0.25, 0.3) is 16.7 Å². The van der Waals surface area contributed by atoms with Crippen molar-refractivity contribution in [3.63, 3.8) is 0 Å². The van der Waals surface area contributed by atoms with E-state index in [2.05, 4.69) is 26.3 Å². The molecule has 10 nitrogen and oxygen atoms in total. The number of nitrogens with zero attached hydrogens (tertiary/aromatic N) is 6. The molecular formula is C29H31N7O3S. The lowest BCUT2D eigenvalue weighted by Crippen LogP contribution is -2.22. The van der Waals surface area contributed by atoms with E-state index in [1.807, 2.05) is 37.6 Å². The average Bonchev–Trinajstić information content (AvgIpc) is 3.71. The average molecular weight is 558 g/mol. The molecule has 1 aliphatic heterocycles. The van der Waals surface area contributed by atoms with Crippen molar-refractivity contribution in [1.29, 1.82) is 0 Å². The second-order valence-electron chi connectivity index (χ2n) is 10.1. The van der Waals surface area contributed by atoms with Crippen LogP contribution >= 0.6 is 0 Å². The number of benzene rings is 2. The molecule has 1 aliphatic rings. The van der Waals surface area contributed by atoms with Gasteiger partial charge < -0.3 is 19.5 Å². The lowest BCUT2D eigenvalue weighted by molar-refractivity contribution is 0.411. The predicted octanol–water partition coefficient (Wildman–Crippen LogP) is 5.13. The van der Waals surface area contributed by atoms with Gasteiger partial charge in [0.15, 0.2) is 11.6 Å². The van der Waals surface area contributed by atoms with Crippen molar-refractivity contribution >= 4 is 38.6 Å². The van der Waals surface area contributed by atoms with Gasteiger partial charge in [-0.15, -0.1) is 0 Å². The lowest BCUT2D eigenvalue weighted by atomic mass is 10.1. The highest BCUT2D eigenvalue weighted by Gasteiger charge is 2.26. The minimum Gasteiger partial charge on any atom is -0.496 e. The zero-order valence-corrected chi connectivity index (χ0v) is 23.7. The number of imidazole rings is 1. The number of fused-ring (bicyclic) bond motifs is 1. The second-order valence-corrected chi connectivity index (χ2v) is 11.9. The van der Waals surface area contributed by atoms with Crippen LogP contribution in [0.2, 0.25) is 0 Å². The molecule has 0 unspecified atom stereocenters. The molecule has 0 bridgehead atoms. The van der Waals surface area contributed by atoms with Gasteiger partial charge in [-0.1, -0.05) is 17.7 Å². The lowest BCUT2D eigenvalue weighted by Gasteiger charge is -2.20. The number of anilines is 3. The van der Waals surface area contributed by atoms with Crippen LogP contribution in [0.1, 0.15) is 29.5 Å². The normalized spacial score (nSPS) is 13.8. The summed E-state index contributed by atoms with van der Waals surface area (Å²) in [6.45, 7) is 7.60. The van der Waals surface area contributed by atoms with E-state index in [-0.39, 0.29) is 4.90 Å². The van der Waals surface area contributed by atoms with Crippen LogP contribution in [0.4, 0.5) is 17.6 Å². The van der Waals surface area contributed by atoms with Crippen molar-refractivity contribution in [3.05, 3.63) is 77.9 Å². The molecule has 5 aromatic rings. The molecule has 11 heteroatoms. The van der Waals surface area contributed by atoms with E-state index in [9.17, 15) is 8.42 Å². The minimum atomic E-state index is -3.84. The second kappa shape index (κ2) is 9.98. The molecule has 40 heavy (non-hydrogen) atoms. The maximum Gasteiger partial charge on any atom is 0.268 e. The molecule has 1 saturated heterocycles. The monoisotopic (exact) mass is 557 g/mol. The van der Waals surface area contributed by atoms with E-state index < -0.39 is 10.0 Å². The summed E-state index contributed by atoms with van der Waals surface area (Å²) in [7, 11) is -2.17. The predicted molar refractivity (Wildman–Crippen MR) is 156 cm³/mol. The standard InChI is InChI=1S/C29H31N7O3S/c1-19-7-9-23(10-8-19)40(37,38)36-14-11-24-27(36)28(34-12-5-6-13-34)33-29(31-24)32-26-17-35(18-30-26)22-15-20(2)21(3)25(16-22)39-4/h7-11,14-18H,5-6,12-13H2,1-4H3,(H,31,32,33). The van der Waals surface area contributed by atoms with Crippen LogP contribution < -0.4 is 15.0 Å². The summed E-state index contributed by atoms with van der Waals surface area (Å²) in [6.07, 6.45) is 7.17. The van der Waals surface area contributed by atoms with Gasteiger partial charge in [-0.25, -0.2) is 22.4 Å². The topological polar surface area (TPSA) is 107 Å². The van der Waals surface area contributed by atoms with Crippen molar-refractivity contribution in [3.8, 4) is 11.4 Å². The van der Waals surface area contributed by atoms with Crippen LogP contribution in [-0.2, 0) is 10.0 Å². The summed E-state index contributed by atoms with van der Waals surface area (Å²) in [4.78, 5) is 16.3. The summed E-state index contributed by atoms with van der Waals surface area (Å²) in [6, 6.07) is 12.6. The van der Waals surface area contributed by atoms with Crippen molar-refractivity contribution in [2.24, 2.45) is 0 Å². The van der Waals surface area contributed by atoms with Gasteiger partial charge in [-0.05, 0) is 69.0 Å². The number of aryl methyl sites for hydroxylation is 2. The van der Waals surface area contributed by atoms with E-state index in [4.69, 9.17) is 9.72 Å². The SMILES string of the molecule is COc1cc(-n2cnc(Nc3nc(N4CCCC4)c4c(ccn4S(=O)(=O)c4ccc(C)cc4)n3)c2)cc(C)c1C. The smallest absolute Gasteiger partial charge is 0.268 e. The quantitative estimate of drug-likeness (QED) is 0.293.